The van der Waals surface area contributed by atoms with Gasteiger partial charge in [0.25, 0.3) is 0 Å². The number of ether oxygens (including phenoxy) is 1. The number of hydrogen-bond acceptors (Lipinski definition) is 4. The van der Waals surface area contributed by atoms with Gasteiger partial charge in [-0.15, -0.1) is 11.3 Å². The second-order valence-electron chi connectivity index (χ2n) is 5.91. The van der Waals surface area contributed by atoms with E-state index in [1.54, 1.807) is 0 Å². The van der Waals surface area contributed by atoms with Crippen LogP contribution in [0.4, 0.5) is 0 Å². The van der Waals surface area contributed by atoms with Gasteiger partial charge in [0.1, 0.15) is 0 Å². The minimum Gasteiger partial charge on any atom is -0.380 e. The monoisotopic (exact) mass is 284 g/mol. The molecule has 0 bridgehead atoms. The smallest absolute Gasteiger partial charge is 0.0593 e. The van der Waals surface area contributed by atoms with Crippen LogP contribution >= 0.6 is 11.3 Å². The molecular formula is C15H28N2OS. The van der Waals surface area contributed by atoms with Crippen LogP contribution in [-0.4, -0.2) is 37.2 Å². The Labute approximate surface area is 122 Å². The standard InChI is InChI=1S/C15H28N2OS/c1-6-18-10-9-17(5)12-14-8-7-13(19-14)11-16-15(2,3)4/h7-8,16H,6,9-12H2,1-5H3. The molecule has 0 unspecified atom stereocenters. The van der Waals surface area contributed by atoms with Crippen LogP contribution in [0.15, 0.2) is 12.1 Å². The average Bonchev–Trinajstić information content (AvgIpc) is 2.73. The molecule has 0 aliphatic carbocycles. The van der Waals surface area contributed by atoms with Crippen LogP contribution < -0.4 is 5.32 Å². The zero-order chi connectivity index (χ0) is 14.3. The van der Waals surface area contributed by atoms with Gasteiger partial charge < -0.3 is 10.1 Å². The van der Waals surface area contributed by atoms with Crippen molar-refractivity contribution < 1.29 is 4.74 Å². The van der Waals surface area contributed by atoms with Crippen molar-refractivity contribution in [2.75, 3.05) is 26.8 Å². The van der Waals surface area contributed by atoms with E-state index in [-0.39, 0.29) is 5.54 Å². The molecule has 1 heterocycles. The Morgan fingerprint density at radius 2 is 1.95 bits per heavy atom. The van der Waals surface area contributed by atoms with E-state index in [1.165, 1.54) is 9.75 Å². The topological polar surface area (TPSA) is 24.5 Å². The maximum atomic E-state index is 5.37. The third-order valence-electron chi connectivity index (χ3n) is 2.76. The fraction of sp³-hybridized carbons (Fsp3) is 0.733. The van der Waals surface area contributed by atoms with Gasteiger partial charge in [-0.2, -0.15) is 0 Å². The van der Waals surface area contributed by atoms with E-state index < -0.39 is 0 Å². The average molecular weight is 284 g/mol. The number of nitrogens with one attached hydrogen (secondary N) is 1. The van der Waals surface area contributed by atoms with Crippen molar-refractivity contribution in [1.29, 1.82) is 0 Å². The van der Waals surface area contributed by atoms with Crippen molar-refractivity contribution in [3.63, 3.8) is 0 Å². The maximum absolute atomic E-state index is 5.37. The summed E-state index contributed by atoms with van der Waals surface area (Å²) < 4.78 is 5.37. The number of thiophene rings is 1. The second-order valence-corrected chi connectivity index (χ2v) is 7.16. The fourth-order valence-corrected chi connectivity index (χ4v) is 2.70. The van der Waals surface area contributed by atoms with Crippen molar-refractivity contribution in [3.05, 3.63) is 21.9 Å². The van der Waals surface area contributed by atoms with Gasteiger partial charge in [0, 0.05) is 41.5 Å². The highest BCUT2D eigenvalue weighted by atomic mass is 32.1. The normalized spacial score (nSPS) is 12.3. The lowest BCUT2D eigenvalue weighted by molar-refractivity contribution is 0.120. The van der Waals surface area contributed by atoms with E-state index >= 15 is 0 Å². The summed E-state index contributed by atoms with van der Waals surface area (Å²) in [6, 6.07) is 4.47. The van der Waals surface area contributed by atoms with Gasteiger partial charge >= 0.3 is 0 Å². The van der Waals surface area contributed by atoms with E-state index in [4.69, 9.17) is 4.74 Å². The Morgan fingerprint density at radius 1 is 1.26 bits per heavy atom. The third-order valence-corrected chi connectivity index (χ3v) is 3.83. The molecule has 19 heavy (non-hydrogen) atoms. The maximum Gasteiger partial charge on any atom is 0.0593 e. The van der Waals surface area contributed by atoms with Crippen LogP contribution in [0.2, 0.25) is 0 Å². The molecule has 0 aliphatic rings. The molecule has 0 saturated heterocycles. The summed E-state index contributed by atoms with van der Waals surface area (Å²) >= 11 is 1.90. The van der Waals surface area contributed by atoms with E-state index in [1.807, 2.05) is 18.3 Å². The quantitative estimate of drug-likeness (QED) is 0.742. The lowest BCUT2D eigenvalue weighted by Crippen LogP contribution is -2.34. The van der Waals surface area contributed by atoms with Crippen LogP contribution in [0.5, 0.6) is 0 Å². The molecule has 1 aromatic rings. The summed E-state index contributed by atoms with van der Waals surface area (Å²) in [6.45, 7) is 13.2. The molecule has 3 nitrogen and oxygen atoms in total. The van der Waals surface area contributed by atoms with Crippen LogP contribution in [0, 0.1) is 0 Å². The lowest BCUT2D eigenvalue weighted by Gasteiger charge is -2.19. The fourth-order valence-electron chi connectivity index (χ4n) is 1.66. The minimum absolute atomic E-state index is 0.179. The number of hydrogen-bond donors (Lipinski definition) is 1. The van der Waals surface area contributed by atoms with Crippen LogP contribution in [0.25, 0.3) is 0 Å². The highest BCUT2D eigenvalue weighted by molar-refractivity contribution is 7.11. The van der Waals surface area contributed by atoms with Gasteiger partial charge in [0.15, 0.2) is 0 Å². The number of nitrogens with zero attached hydrogens (tertiary/aromatic N) is 1. The lowest BCUT2D eigenvalue weighted by atomic mass is 10.1. The van der Waals surface area contributed by atoms with Gasteiger partial charge in [-0.05, 0) is 46.9 Å². The molecule has 0 aromatic carbocycles. The van der Waals surface area contributed by atoms with Crippen LogP contribution in [0.1, 0.15) is 37.4 Å². The number of rotatable bonds is 8. The minimum atomic E-state index is 0.179. The molecule has 0 atom stereocenters. The van der Waals surface area contributed by atoms with Gasteiger partial charge in [-0.1, -0.05) is 0 Å². The second kappa shape index (κ2) is 8.00. The van der Waals surface area contributed by atoms with Crippen molar-refractivity contribution >= 4 is 11.3 Å². The highest BCUT2D eigenvalue weighted by Gasteiger charge is 2.10. The Morgan fingerprint density at radius 3 is 2.58 bits per heavy atom. The van der Waals surface area contributed by atoms with Gasteiger partial charge in [-0.3, -0.25) is 4.90 Å². The summed E-state index contributed by atoms with van der Waals surface area (Å²) in [5.41, 5.74) is 0.179. The predicted molar refractivity (Wildman–Crippen MR) is 83.7 cm³/mol. The highest BCUT2D eigenvalue weighted by Crippen LogP contribution is 2.18. The summed E-state index contributed by atoms with van der Waals surface area (Å²) in [7, 11) is 2.14. The predicted octanol–water partition coefficient (Wildman–Crippen LogP) is 3.10. The molecule has 0 amide bonds. The number of likely N-dealkylation sites (N-methyl/N-ethyl adjacent to an activating group) is 1. The Balaban J connectivity index is 2.33. The Bertz CT molecular complexity index is 357. The molecule has 0 saturated carbocycles. The first-order valence-corrected chi connectivity index (χ1v) is 7.81. The molecule has 0 aliphatic heterocycles. The molecular weight excluding hydrogens is 256 g/mol. The Kier molecular flexibility index (Phi) is 7.00. The molecule has 4 heteroatoms. The molecule has 110 valence electrons. The van der Waals surface area contributed by atoms with Crippen molar-refractivity contribution in [2.45, 2.75) is 46.3 Å². The zero-order valence-corrected chi connectivity index (χ0v) is 13.8. The molecule has 0 spiro atoms. The molecule has 1 rings (SSSR count). The first kappa shape index (κ1) is 16.6. The summed E-state index contributed by atoms with van der Waals surface area (Å²) in [5.74, 6) is 0. The summed E-state index contributed by atoms with van der Waals surface area (Å²) in [4.78, 5) is 5.13. The molecule has 1 N–H and O–H groups in total. The zero-order valence-electron chi connectivity index (χ0n) is 13.0. The molecule has 0 fully saturated rings. The summed E-state index contributed by atoms with van der Waals surface area (Å²) in [5, 5.41) is 3.52. The van der Waals surface area contributed by atoms with Gasteiger partial charge in [0.05, 0.1) is 6.61 Å². The first-order chi connectivity index (χ1) is 8.90. The van der Waals surface area contributed by atoms with Crippen molar-refractivity contribution in [1.82, 2.24) is 10.2 Å². The van der Waals surface area contributed by atoms with E-state index in [0.29, 0.717) is 0 Å². The SMILES string of the molecule is CCOCCN(C)Cc1ccc(CNC(C)(C)C)s1. The van der Waals surface area contributed by atoms with E-state index in [0.717, 1.165) is 32.8 Å². The van der Waals surface area contributed by atoms with Gasteiger partial charge in [-0.25, -0.2) is 0 Å². The van der Waals surface area contributed by atoms with E-state index in [9.17, 15) is 0 Å². The van der Waals surface area contributed by atoms with Crippen molar-refractivity contribution in [3.8, 4) is 0 Å². The first-order valence-electron chi connectivity index (χ1n) is 6.99. The van der Waals surface area contributed by atoms with Crippen molar-refractivity contribution in [2.24, 2.45) is 0 Å². The molecule has 0 radical (unpaired) electrons. The largest absolute Gasteiger partial charge is 0.380 e. The van der Waals surface area contributed by atoms with Gasteiger partial charge in [0.2, 0.25) is 0 Å². The van der Waals surface area contributed by atoms with Crippen LogP contribution in [0.3, 0.4) is 0 Å². The van der Waals surface area contributed by atoms with Crippen LogP contribution in [-0.2, 0) is 17.8 Å². The summed E-state index contributed by atoms with van der Waals surface area (Å²) in [6.07, 6.45) is 0. The third kappa shape index (κ3) is 7.67. The molecule has 1 aromatic heterocycles. The Hall–Kier alpha value is -0.420. The van der Waals surface area contributed by atoms with E-state index in [2.05, 4.69) is 50.2 Å².